The quantitative estimate of drug-likeness (QED) is 0.358. The summed E-state index contributed by atoms with van der Waals surface area (Å²) < 4.78 is 16.2. The van der Waals surface area contributed by atoms with E-state index in [4.69, 9.17) is 14.2 Å². The summed E-state index contributed by atoms with van der Waals surface area (Å²) in [5.74, 6) is 0.258. The van der Waals surface area contributed by atoms with Crippen molar-refractivity contribution in [2.45, 2.75) is 57.7 Å². The third-order valence-electron chi connectivity index (χ3n) is 5.48. The van der Waals surface area contributed by atoms with Crippen LogP contribution in [0, 0.1) is 0 Å². The van der Waals surface area contributed by atoms with Crippen LogP contribution in [0.4, 0.5) is 0 Å². The number of amidine groups is 1. The number of hydrogen-bond acceptors (Lipinski definition) is 7. The Hall–Kier alpha value is -2.32. The molecule has 2 heterocycles. The van der Waals surface area contributed by atoms with Crippen molar-refractivity contribution in [3.8, 4) is 5.75 Å². The average molecular weight is 461 g/mol. The Kier molecular flexibility index (Phi) is 8.75. The van der Waals surface area contributed by atoms with Gasteiger partial charge >= 0.3 is 5.97 Å². The van der Waals surface area contributed by atoms with Crippen LogP contribution in [0.2, 0.25) is 0 Å². The summed E-state index contributed by atoms with van der Waals surface area (Å²) in [6.07, 6.45) is 3.98. The van der Waals surface area contributed by atoms with Crippen LogP contribution >= 0.6 is 11.8 Å². The minimum atomic E-state index is -0.580. The lowest BCUT2D eigenvalue weighted by Crippen LogP contribution is -2.40. The molecular weight excluding hydrogens is 428 g/mol. The molecule has 0 bridgehead atoms. The first-order valence-electron chi connectivity index (χ1n) is 11.2. The molecule has 0 radical (unpaired) electrons. The van der Waals surface area contributed by atoms with Crippen molar-refractivity contribution in [1.82, 2.24) is 4.90 Å². The second-order valence-corrected chi connectivity index (χ2v) is 8.94. The van der Waals surface area contributed by atoms with Crippen LogP contribution in [0.1, 0.15) is 58.1 Å². The highest BCUT2D eigenvalue weighted by Crippen LogP contribution is 2.44. The van der Waals surface area contributed by atoms with Gasteiger partial charge in [0.25, 0.3) is 0 Å². The second-order valence-electron chi connectivity index (χ2n) is 7.77. The van der Waals surface area contributed by atoms with Gasteiger partial charge in [-0.1, -0.05) is 50.6 Å². The molecule has 0 spiro atoms. The van der Waals surface area contributed by atoms with E-state index in [1.807, 2.05) is 31.2 Å². The van der Waals surface area contributed by atoms with Gasteiger partial charge < -0.3 is 14.2 Å². The average Bonchev–Trinajstić information content (AvgIpc) is 3.11. The number of ether oxygens (including phenoxy) is 3. The van der Waals surface area contributed by atoms with Gasteiger partial charge in [0.15, 0.2) is 5.17 Å². The van der Waals surface area contributed by atoms with Gasteiger partial charge in [-0.2, -0.15) is 0 Å². The van der Waals surface area contributed by atoms with Crippen LogP contribution in [0.25, 0.3) is 0 Å². The van der Waals surface area contributed by atoms with Crippen LogP contribution in [0.3, 0.4) is 0 Å². The van der Waals surface area contributed by atoms with E-state index < -0.39 is 12.0 Å². The smallest absolute Gasteiger partial charge is 0.338 e. The molecule has 2 aliphatic rings. The molecule has 1 amide bonds. The van der Waals surface area contributed by atoms with Crippen molar-refractivity contribution >= 4 is 28.8 Å². The normalized spacial score (nSPS) is 20.3. The Morgan fingerprint density at radius 1 is 1.12 bits per heavy atom. The van der Waals surface area contributed by atoms with Gasteiger partial charge in [0.05, 0.1) is 35.8 Å². The van der Waals surface area contributed by atoms with Gasteiger partial charge in [-0.05, 0) is 37.5 Å². The Morgan fingerprint density at radius 2 is 1.88 bits per heavy atom. The molecule has 1 aromatic carbocycles. The van der Waals surface area contributed by atoms with Gasteiger partial charge in [-0.3, -0.25) is 9.69 Å². The first kappa shape index (κ1) is 24.3. The first-order valence-corrected chi connectivity index (χ1v) is 12.1. The second kappa shape index (κ2) is 11.5. The maximum atomic E-state index is 13.2. The van der Waals surface area contributed by atoms with Gasteiger partial charge in [0.2, 0.25) is 5.91 Å². The lowest BCUT2D eigenvalue weighted by Gasteiger charge is -2.33. The highest BCUT2D eigenvalue weighted by molar-refractivity contribution is 8.15. The number of unbranched alkanes of at least 4 members (excludes halogenated alkanes) is 2. The number of carbonyl (C=O) groups excluding carboxylic acids is 2. The molecular formula is C24H32N2O5S. The number of aliphatic imine (C=N–C) groups is 1. The fourth-order valence-electron chi connectivity index (χ4n) is 3.75. The molecule has 1 aromatic rings. The number of thioether (sulfide) groups is 1. The zero-order valence-electron chi connectivity index (χ0n) is 19.3. The van der Waals surface area contributed by atoms with Crippen LogP contribution in [-0.2, 0) is 19.1 Å². The summed E-state index contributed by atoms with van der Waals surface area (Å²) in [4.78, 5) is 32.4. The fraction of sp³-hybridized carbons (Fsp3) is 0.542. The number of nitrogens with zero attached hydrogens (tertiary/aromatic N) is 2. The summed E-state index contributed by atoms with van der Waals surface area (Å²) in [7, 11) is 1.55. The fourth-order valence-corrected chi connectivity index (χ4v) is 4.88. The molecule has 0 aromatic heterocycles. The number of allylic oxidation sites excluding steroid dienone is 1. The highest BCUT2D eigenvalue weighted by atomic mass is 32.2. The van der Waals surface area contributed by atoms with Crippen LogP contribution < -0.4 is 4.74 Å². The van der Waals surface area contributed by atoms with Crippen molar-refractivity contribution in [3.05, 3.63) is 41.1 Å². The van der Waals surface area contributed by atoms with Gasteiger partial charge in [-0.15, -0.1) is 0 Å². The largest absolute Gasteiger partial charge is 0.494 e. The van der Waals surface area contributed by atoms with Crippen molar-refractivity contribution in [3.63, 3.8) is 0 Å². The predicted molar refractivity (Wildman–Crippen MR) is 126 cm³/mol. The van der Waals surface area contributed by atoms with Crippen LogP contribution in [0.5, 0.6) is 5.75 Å². The maximum Gasteiger partial charge on any atom is 0.338 e. The monoisotopic (exact) mass is 460 g/mol. The Morgan fingerprint density at radius 3 is 2.53 bits per heavy atom. The minimum Gasteiger partial charge on any atom is -0.494 e. The van der Waals surface area contributed by atoms with Gasteiger partial charge in [0.1, 0.15) is 12.4 Å². The molecule has 2 aliphatic heterocycles. The van der Waals surface area contributed by atoms with E-state index in [0.29, 0.717) is 36.1 Å². The number of hydrogen-bond donors (Lipinski definition) is 0. The van der Waals surface area contributed by atoms with E-state index in [0.717, 1.165) is 30.6 Å². The van der Waals surface area contributed by atoms with Crippen LogP contribution in [-0.4, -0.2) is 54.1 Å². The molecule has 32 heavy (non-hydrogen) atoms. The van der Waals surface area contributed by atoms with E-state index >= 15 is 0 Å². The number of rotatable bonds is 11. The third-order valence-corrected chi connectivity index (χ3v) is 6.79. The summed E-state index contributed by atoms with van der Waals surface area (Å²) in [5, 5.41) is 0.437. The Balaban J connectivity index is 1.90. The van der Waals surface area contributed by atoms with E-state index in [1.54, 1.807) is 18.9 Å². The molecule has 0 aliphatic carbocycles. The number of esters is 1. The SMILES string of the molecule is CCCCCOc1ccc([C@H]2C(C(=O)OCCOC)=C(C)N=C3S[C@@H](CC)C(=O)N32)cc1. The Bertz CT molecular complexity index is 881. The lowest BCUT2D eigenvalue weighted by molar-refractivity contribution is -0.141. The maximum absolute atomic E-state index is 13.2. The van der Waals surface area contributed by atoms with E-state index in [-0.39, 0.29) is 17.8 Å². The van der Waals surface area contributed by atoms with E-state index in [1.165, 1.54) is 11.8 Å². The number of methoxy groups -OCH3 is 1. The van der Waals surface area contributed by atoms with Gasteiger partial charge in [-0.25, -0.2) is 9.79 Å². The summed E-state index contributed by atoms with van der Waals surface area (Å²) >= 11 is 1.45. The molecule has 3 rings (SSSR count). The van der Waals surface area contributed by atoms with E-state index in [9.17, 15) is 9.59 Å². The predicted octanol–water partition coefficient (Wildman–Crippen LogP) is 4.48. The van der Waals surface area contributed by atoms with Crippen molar-refractivity contribution in [2.75, 3.05) is 26.9 Å². The molecule has 174 valence electrons. The highest BCUT2D eigenvalue weighted by Gasteiger charge is 2.47. The summed E-state index contributed by atoms with van der Waals surface area (Å²) in [5.41, 5.74) is 1.77. The molecule has 0 N–H and O–H groups in total. The summed E-state index contributed by atoms with van der Waals surface area (Å²) in [6, 6.07) is 7.02. The first-order chi connectivity index (χ1) is 15.5. The molecule has 1 saturated heterocycles. The standard InChI is InChI=1S/C24H32N2O5S/c1-5-7-8-13-30-18-11-9-17(10-12-18)21-20(23(28)31-15-14-29-4)16(3)25-24-26(21)22(27)19(6-2)32-24/h9-12,19,21H,5-8,13-15H2,1-4H3/t19-,21-/m0/s1. The molecule has 1 fully saturated rings. The van der Waals surface area contributed by atoms with Crippen molar-refractivity contribution in [1.29, 1.82) is 0 Å². The van der Waals surface area contributed by atoms with Crippen molar-refractivity contribution < 1.29 is 23.8 Å². The number of amides is 1. The van der Waals surface area contributed by atoms with E-state index in [2.05, 4.69) is 11.9 Å². The molecule has 0 unspecified atom stereocenters. The minimum absolute atomic E-state index is 0.0316. The van der Waals surface area contributed by atoms with Crippen molar-refractivity contribution in [2.24, 2.45) is 4.99 Å². The number of fused-ring (bicyclic) bond motifs is 1. The lowest BCUT2D eigenvalue weighted by atomic mass is 9.94. The molecule has 8 heteroatoms. The number of benzene rings is 1. The third kappa shape index (κ3) is 5.35. The van der Waals surface area contributed by atoms with Crippen LogP contribution in [0.15, 0.2) is 40.5 Å². The molecule has 7 nitrogen and oxygen atoms in total. The number of carbonyl (C=O) groups is 2. The zero-order chi connectivity index (χ0) is 23.1. The van der Waals surface area contributed by atoms with Gasteiger partial charge in [0, 0.05) is 7.11 Å². The zero-order valence-corrected chi connectivity index (χ0v) is 20.1. The topological polar surface area (TPSA) is 77.4 Å². The Labute approximate surface area is 194 Å². The molecule has 2 atom stereocenters. The molecule has 0 saturated carbocycles. The summed E-state index contributed by atoms with van der Waals surface area (Å²) in [6.45, 7) is 7.04.